The van der Waals surface area contributed by atoms with Gasteiger partial charge in [0.2, 0.25) is 0 Å². The van der Waals surface area contributed by atoms with Crippen molar-refractivity contribution in [3.8, 4) is 11.4 Å². The van der Waals surface area contributed by atoms with Crippen LogP contribution in [0.15, 0.2) is 89.4 Å². The van der Waals surface area contributed by atoms with Gasteiger partial charge in [-0.3, -0.25) is 9.36 Å². The number of carbonyl (C=O) groups is 1. The highest BCUT2D eigenvalue weighted by Gasteiger charge is 2.24. The van der Waals surface area contributed by atoms with Crippen LogP contribution in [0.3, 0.4) is 0 Å². The molecule has 3 aromatic carbocycles. The summed E-state index contributed by atoms with van der Waals surface area (Å²) in [6.45, 7) is 1.34. The predicted molar refractivity (Wildman–Crippen MR) is 154 cm³/mol. The monoisotopic (exact) mass is 553 g/mol. The molecule has 0 bridgehead atoms. The van der Waals surface area contributed by atoms with Crippen LogP contribution < -0.4 is 4.74 Å². The van der Waals surface area contributed by atoms with E-state index in [1.165, 1.54) is 22.5 Å². The molecule has 0 fully saturated rings. The molecule has 0 saturated carbocycles. The second-order valence-electron chi connectivity index (χ2n) is 9.23. The molecule has 6 rings (SSSR count). The van der Waals surface area contributed by atoms with Crippen molar-refractivity contribution in [3.63, 3.8) is 0 Å². The van der Waals surface area contributed by atoms with Crippen LogP contribution in [0.1, 0.15) is 38.0 Å². The summed E-state index contributed by atoms with van der Waals surface area (Å²) in [6, 6.07) is 26.4. The Hall–Kier alpha value is -3.95. The van der Waals surface area contributed by atoms with Crippen molar-refractivity contribution in [1.82, 2.24) is 24.6 Å². The molecule has 0 unspecified atom stereocenters. The largest absolute Gasteiger partial charge is 0.495 e. The molecule has 1 amide bonds. The third-order valence-corrected chi connectivity index (χ3v) is 8.72. The Labute approximate surface area is 235 Å². The molecule has 196 valence electrons. The van der Waals surface area contributed by atoms with Gasteiger partial charge in [0.25, 0.3) is 5.91 Å². The third kappa shape index (κ3) is 5.46. The smallest absolute Gasteiger partial charge is 0.273 e. The van der Waals surface area contributed by atoms with Crippen LogP contribution in [0.2, 0.25) is 0 Å². The number of thioether (sulfide) groups is 1. The molecule has 0 saturated heterocycles. The van der Waals surface area contributed by atoms with E-state index in [-0.39, 0.29) is 5.91 Å². The third-order valence-electron chi connectivity index (χ3n) is 6.74. The van der Waals surface area contributed by atoms with Gasteiger partial charge >= 0.3 is 0 Å². The minimum atomic E-state index is -0.0145. The zero-order chi connectivity index (χ0) is 26.6. The zero-order valence-electron chi connectivity index (χ0n) is 21.5. The highest BCUT2D eigenvalue weighted by Crippen LogP contribution is 2.31. The molecule has 1 aliphatic heterocycles. The average Bonchev–Trinajstić information content (AvgIpc) is 3.63. The molecule has 2 aromatic heterocycles. The highest BCUT2D eigenvalue weighted by atomic mass is 32.2. The summed E-state index contributed by atoms with van der Waals surface area (Å²) in [5, 5.41) is 12.6. The summed E-state index contributed by atoms with van der Waals surface area (Å²) in [7, 11) is 1.67. The number of ether oxygens (including phenoxy) is 1. The molecule has 3 heterocycles. The Balaban J connectivity index is 1.21. The minimum absolute atomic E-state index is 0.0145. The maximum absolute atomic E-state index is 13.2. The van der Waals surface area contributed by atoms with E-state index in [1.54, 1.807) is 18.9 Å². The molecule has 0 N–H and O–H groups in total. The summed E-state index contributed by atoms with van der Waals surface area (Å²) in [6.07, 6.45) is 1.51. The lowest BCUT2D eigenvalue weighted by Crippen LogP contribution is -2.36. The van der Waals surface area contributed by atoms with Crippen molar-refractivity contribution in [2.24, 2.45) is 0 Å². The molecule has 9 heteroatoms. The van der Waals surface area contributed by atoms with Crippen LogP contribution in [0.4, 0.5) is 0 Å². The molecule has 0 aliphatic carbocycles. The number of rotatable bonds is 8. The quantitative estimate of drug-likeness (QED) is 0.226. The second-order valence-corrected chi connectivity index (χ2v) is 11.1. The molecule has 0 atom stereocenters. The lowest BCUT2D eigenvalue weighted by Gasteiger charge is -2.28. The standard InChI is InChI=1S/C30H27N5O2S2/c1-37-26-14-8-7-13-25(26)35-27(17-21-9-3-2-4-10-21)32-33-30(35)39-20-28-31-24(19-38-28)29(36)34-16-15-22-11-5-6-12-23(22)18-34/h2-14,19H,15-18,20H2,1H3. The Bertz CT molecular complexity index is 1600. The van der Waals surface area contributed by atoms with E-state index in [2.05, 4.69) is 45.1 Å². The van der Waals surface area contributed by atoms with E-state index in [4.69, 9.17) is 9.72 Å². The second kappa shape index (κ2) is 11.4. The SMILES string of the molecule is COc1ccccc1-n1c(Cc2ccccc2)nnc1SCc1nc(C(=O)N2CCc3ccccc3C2)cs1. The van der Waals surface area contributed by atoms with Crippen molar-refractivity contribution < 1.29 is 9.53 Å². The number of fused-ring (bicyclic) bond motifs is 1. The number of thiazole rings is 1. The summed E-state index contributed by atoms with van der Waals surface area (Å²) < 4.78 is 7.72. The van der Waals surface area contributed by atoms with Gasteiger partial charge in [0.15, 0.2) is 5.16 Å². The van der Waals surface area contributed by atoms with Crippen molar-refractivity contribution in [2.45, 2.75) is 30.3 Å². The molecule has 7 nitrogen and oxygen atoms in total. The number of amides is 1. The molecule has 1 aliphatic rings. The number of methoxy groups -OCH3 is 1. The van der Waals surface area contributed by atoms with Crippen LogP contribution in [0, 0.1) is 0 Å². The molecular weight excluding hydrogens is 526 g/mol. The van der Waals surface area contributed by atoms with Gasteiger partial charge < -0.3 is 9.64 Å². The summed E-state index contributed by atoms with van der Waals surface area (Å²) in [5.74, 6) is 2.14. The molecule has 0 spiro atoms. The number of benzene rings is 3. The Morgan fingerprint density at radius 3 is 2.59 bits per heavy atom. The van der Waals surface area contributed by atoms with Gasteiger partial charge in [0, 0.05) is 24.9 Å². The van der Waals surface area contributed by atoms with Gasteiger partial charge in [0.1, 0.15) is 22.3 Å². The van der Waals surface area contributed by atoms with E-state index in [1.807, 2.05) is 58.8 Å². The maximum atomic E-state index is 13.2. The topological polar surface area (TPSA) is 73.1 Å². The van der Waals surface area contributed by atoms with Gasteiger partial charge in [0.05, 0.1) is 18.6 Å². The normalized spacial score (nSPS) is 12.8. The lowest BCUT2D eigenvalue weighted by molar-refractivity contribution is 0.0729. The highest BCUT2D eigenvalue weighted by molar-refractivity contribution is 7.98. The van der Waals surface area contributed by atoms with E-state index in [0.717, 1.165) is 39.4 Å². The molecule has 39 heavy (non-hydrogen) atoms. The number of hydrogen-bond donors (Lipinski definition) is 0. The summed E-state index contributed by atoms with van der Waals surface area (Å²) in [5.41, 5.74) is 5.08. The first kappa shape index (κ1) is 25.3. The number of para-hydroxylation sites is 2. The fourth-order valence-electron chi connectivity index (χ4n) is 4.78. The van der Waals surface area contributed by atoms with Crippen LogP contribution in [0.5, 0.6) is 5.75 Å². The van der Waals surface area contributed by atoms with Crippen molar-refractivity contribution >= 4 is 29.0 Å². The van der Waals surface area contributed by atoms with E-state index < -0.39 is 0 Å². The Morgan fingerprint density at radius 1 is 0.974 bits per heavy atom. The van der Waals surface area contributed by atoms with Crippen LogP contribution >= 0.6 is 23.1 Å². The molecular formula is C30H27N5O2S2. The summed E-state index contributed by atoms with van der Waals surface area (Å²) in [4.78, 5) is 19.8. The van der Waals surface area contributed by atoms with Crippen molar-refractivity contribution in [1.29, 1.82) is 0 Å². The first-order valence-electron chi connectivity index (χ1n) is 12.7. The summed E-state index contributed by atoms with van der Waals surface area (Å²) >= 11 is 3.06. The number of carbonyl (C=O) groups excluding carboxylic acids is 1. The van der Waals surface area contributed by atoms with Gasteiger partial charge in [-0.25, -0.2) is 4.98 Å². The first-order valence-corrected chi connectivity index (χ1v) is 14.6. The van der Waals surface area contributed by atoms with Gasteiger partial charge in [-0.1, -0.05) is 78.5 Å². The van der Waals surface area contributed by atoms with E-state index in [0.29, 0.717) is 31.0 Å². The Morgan fingerprint density at radius 2 is 1.74 bits per heavy atom. The zero-order valence-corrected chi connectivity index (χ0v) is 23.1. The number of nitrogens with zero attached hydrogens (tertiary/aromatic N) is 5. The molecule has 5 aromatic rings. The van der Waals surface area contributed by atoms with Gasteiger partial charge in [-0.2, -0.15) is 0 Å². The van der Waals surface area contributed by atoms with Crippen LogP contribution in [-0.4, -0.2) is 44.2 Å². The minimum Gasteiger partial charge on any atom is -0.495 e. The van der Waals surface area contributed by atoms with Gasteiger partial charge in [-0.15, -0.1) is 21.5 Å². The molecule has 0 radical (unpaired) electrons. The van der Waals surface area contributed by atoms with Crippen molar-refractivity contribution in [3.05, 3.63) is 117 Å². The van der Waals surface area contributed by atoms with Crippen LogP contribution in [-0.2, 0) is 25.1 Å². The first-order chi connectivity index (χ1) is 19.2. The average molecular weight is 554 g/mol. The van der Waals surface area contributed by atoms with Gasteiger partial charge in [-0.05, 0) is 35.2 Å². The van der Waals surface area contributed by atoms with Crippen molar-refractivity contribution in [2.75, 3.05) is 13.7 Å². The maximum Gasteiger partial charge on any atom is 0.273 e. The Kier molecular flexibility index (Phi) is 7.42. The fraction of sp³-hybridized carbons (Fsp3) is 0.200. The number of hydrogen-bond acceptors (Lipinski definition) is 7. The number of aromatic nitrogens is 4. The predicted octanol–water partition coefficient (Wildman–Crippen LogP) is 5.81. The van der Waals surface area contributed by atoms with E-state index in [9.17, 15) is 4.79 Å². The van der Waals surface area contributed by atoms with E-state index >= 15 is 0 Å². The van der Waals surface area contributed by atoms with Crippen LogP contribution in [0.25, 0.3) is 5.69 Å². The fourth-order valence-corrected chi connectivity index (χ4v) is 6.53. The lowest BCUT2D eigenvalue weighted by atomic mass is 10.00.